The second-order valence-corrected chi connectivity index (χ2v) is 5.17. The van der Waals surface area contributed by atoms with Gasteiger partial charge in [0.25, 0.3) is 0 Å². The molecule has 2 aromatic rings. The predicted octanol–water partition coefficient (Wildman–Crippen LogP) is 3.95. The van der Waals surface area contributed by atoms with Gasteiger partial charge in [-0.25, -0.2) is 0 Å². The van der Waals surface area contributed by atoms with Crippen LogP contribution in [0.2, 0.25) is 0 Å². The Hall–Kier alpha value is -1.54. The molecule has 0 bridgehead atoms. The number of furan rings is 1. The number of hydrogen-bond acceptors (Lipinski definition) is 2. The molecule has 0 saturated carbocycles. The molecule has 0 radical (unpaired) electrons. The summed E-state index contributed by atoms with van der Waals surface area (Å²) in [5.41, 5.74) is 9.92. The van der Waals surface area contributed by atoms with Gasteiger partial charge in [0.2, 0.25) is 0 Å². The van der Waals surface area contributed by atoms with Crippen LogP contribution >= 0.6 is 0 Å². The van der Waals surface area contributed by atoms with Gasteiger partial charge in [-0.3, -0.25) is 0 Å². The van der Waals surface area contributed by atoms with E-state index in [9.17, 15) is 0 Å². The van der Waals surface area contributed by atoms with Crippen molar-refractivity contribution in [2.24, 2.45) is 5.73 Å². The summed E-state index contributed by atoms with van der Waals surface area (Å²) < 4.78 is 5.44. The van der Waals surface area contributed by atoms with E-state index in [-0.39, 0.29) is 6.04 Å². The average Bonchev–Trinajstić information content (AvgIpc) is 2.76. The largest absolute Gasteiger partial charge is 0.467 e. The minimum Gasteiger partial charge on any atom is -0.467 e. The fourth-order valence-corrected chi connectivity index (χ4v) is 2.15. The van der Waals surface area contributed by atoms with Crippen LogP contribution in [0.4, 0.5) is 0 Å². The Kier molecular flexibility index (Phi) is 3.87. The summed E-state index contributed by atoms with van der Waals surface area (Å²) in [6.07, 6.45) is 2.51. The highest BCUT2D eigenvalue weighted by Crippen LogP contribution is 2.22. The first-order valence-electron chi connectivity index (χ1n) is 6.46. The lowest BCUT2D eigenvalue weighted by molar-refractivity contribution is 0.461. The number of nitrogens with two attached hydrogens (primary N) is 1. The third-order valence-electron chi connectivity index (χ3n) is 3.34. The van der Waals surface area contributed by atoms with E-state index < -0.39 is 0 Å². The van der Waals surface area contributed by atoms with Gasteiger partial charge in [-0.1, -0.05) is 38.1 Å². The molecule has 0 aliphatic heterocycles. The number of benzene rings is 1. The van der Waals surface area contributed by atoms with Gasteiger partial charge in [0, 0.05) is 0 Å². The summed E-state index contributed by atoms with van der Waals surface area (Å²) in [4.78, 5) is 0. The fourth-order valence-electron chi connectivity index (χ4n) is 2.15. The van der Waals surface area contributed by atoms with E-state index in [4.69, 9.17) is 10.2 Å². The van der Waals surface area contributed by atoms with Gasteiger partial charge in [0.1, 0.15) is 5.76 Å². The highest BCUT2D eigenvalue weighted by molar-refractivity contribution is 5.27. The topological polar surface area (TPSA) is 39.2 Å². The molecule has 1 aromatic heterocycles. The zero-order chi connectivity index (χ0) is 13.1. The van der Waals surface area contributed by atoms with Crippen LogP contribution in [0.25, 0.3) is 0 Å². The normalized spacial score (nSPS) is 12.9. The first-order valence-corrected chi connectivity index (χ1v) is 6.46. The van der Waals surface area contributed by atoms with Crippen molar-refractivity contribution in [3.05, 3.63) is 59.0 Å². The highest BCUT2D eigenvalue weighted by atomic mass is 16.3. The van der Waals surface area contributed by atoms with Crippen molar-refractivity contribution in [1.82, 2.24) is 0 Å². The predicted molar refractivity (Wildman–Crippen MR) is 74.6 cm³/mol. The van der Waals surface area contributed by atoms with E-state index in [1.807, 2.05) is 13.0 Å². The molecule has 1 unspecified atom stereocenters. The Labute approximate surface area is 109 Å². The van der Waals surface area contributed by atoms with E-state index in [0.717, 1.165) is 17.7 Å². The SMILES string of the molecule is Cc1ccoc1C(N)Cc1ccc(C(C)C)cc1. The molecule has 0 saturated heterocycles. The molecular weight excluding hydrogens is 222 g/mol. The molecule has 2 nitrogen and oxygen atoms in total. The quantitative estimate of drug-likeness (QED) is 0.883. The smallest absolute Gasteiger partial charge is 0.123 e. The molecule has 0 aliphatic carbocycles. The van der Waals surface area contributed by atoms with Crippen molar-refractivity contribution >= 4 is 0 Å². The second-order valence-electron chi connectivity index (χ2n) is 5.17. The molecule has 2 heteroatoms. The maximum atomic E-state index is 6.18. The molecule has 0 spiro atoms. The number of aryl methyl sites for hydroxylation is 1. The van der Waals surface area contributed by atoms with E-state index in [1.165, 1.54) is 11.1 Å². The Morgan fingerprint density at radius 3 is 2.28 bits per heavy atom. The molecule has 18 heavy (non-hydrogen) atoms. The van der Waals surface area contributed by atoms with Crippen LogP contribution in [0, 0.1) is 6.92 Å². The summed E-state index contributed by atoms with van der Waals surface area (Å²) in [5, 5.41) is 0. The van der Waals surface area contributed by atoms with Crippen molar-refractivity contribution in [1.29, 1.82) is 0 Å². The lowest BCUT2D eigenvalue weighted by Crippen LogP contribution is -2.13. The van der Waals surface area contributed by atoms with E-state index in [2.05, 4.69) is 38.1 Å². The van der Waals surface area contributed by atoms with Gasteiger partial charge < -0.3 is 10.2 Å². The van der Waals surface area contributed by atoms with E-state index >= 15 is 0 Å². The minimum absolute atomic E-state index is 0.0649. The third-order valence-corrected chi connectivity index (χ3v) is 3.34. The maximum absolute atomic E-state index is 6.18. The first-order chi connectivity index (χ1) is 8.58. The van der Waals surface area contributed by atoms with Crippen molar-refractivity contribution in [3.63, 3.8) is 0 Å². The Morgan fingerprint density at radius 1 is 1.11 bits per heavy atom. The molecule has 96 valence electrons. The van der Waals surface area contributed by atoms with Crippen LogP contribution in [-0.2, 0) is 6.42 Å². The Morgan fingerprint density at radius 2 is 1.78 bits per heavy atom. The van der Waals surface area contributed by atoms with Gasteiger partial charge in [0.05, 0.1) is 12.3 Å². The van der Waals surface area contributed by atoms with Gasteiger partial charge >= 0.3 is 0 Å². The zero-order valence-corrected chi connectivity index (χ0v) is 11.3. The van der Waals surface area contributed by atoms with Crippen molar-refractivity contribution in [2.45, 2.75) is 39.2 Å². The lowest BCUT2D eigenvalue weighted by Gasteiger charge is -2.11. The highest BCUT2D eigenvalue weighted by Gasteiger charge is 2.13. The zero-order valence-electron chi connectivity index (χ0n) is 11.3. The minimum atomic E-state index is -0.0649. The van der Waals surface area contributed by atoms with Gasteiger partial charge in [-0.2, -0.15) is 0 Å². The van der Waals surface area contributed by atoms with Gasteiger partial charge in [-0.15, -0.1) is 0 Å². The summed E-state index contributed by atoms with van der Waals surface area (Å²) in [6, 6.07) is 10.6. The molecule has 1 heterocycles. The van der Waals surface area contributed by atoms with Crippen LogP contribution in [0.1, 0.15) is 48.3 Å². The van der Waals surface area contributed by atoms with Crippen molar-refractivity contribution in [3.8, 4) is 0 Å². The molecule has 0 fully saturated rings. The number of hydrogen-bond donors (Lipinski definition) is 1. The van der Waals surface area contributed by atoms with Crippen LogP contribution in [-0.4, -0.2) is 0 Å². The molecule has 0 amide bonds. The maximum Gasteiger partial charge on any atom is 0.123 e. The van der Waals surface area contributed by atoms with Crippen LogP contribution in [0.3, 0.4) is 0 Å². The first kappa shape index (κ1) is 12.9. The molecule has 2 rings (SSSR count). The van der Waals surface area contributed by atoms with Crippen LogP contribution < -0.4 is 5.73 Å². The van der Waals surface area contributed by atoms with Crippen LogP contribution in [0.5, 0.6) is 0 Å². The second kappa shape index (κ2) is 5.40. The molecule has 1 aromatic carbocycles. The molecule has 1 atom stereocenters. The summed E-state index contributed by atoms with van der Waals surface area (Å²) in [6.45, 7) is 6.43. The van der Waals surface area contributed by atoms with Gasteiger partial charge in [0.15, 0.2) is 0 Å². The lowest BCUT2D eigenvalue weighted by atomic mass is 9.98. The van der Waals surface area contributed by atoms with Crippen molar-refractivity contribution in [2.75, 3.05) is 0 Å². The molecule has 2 N–H and O–H groups in total. The van der Waals surface area contributed by atoms with E-state index in [1.54, 1.807) is 6.26 Å². The van der Waals surface area contributed by atoms with Crippen LogP contribution in [0.15, 0.2) is 41.0 Å². The summed E-state index contributed by atoms with van der Waals surface area (Å²) in [7, 11) is 0. The fraction of sp³-hybridized carbons (Fsp3) is 0.375. The Bertz CT molecular complexity index is 496. The average molecular weight is 243 g/mol. The van der Waals surface area contributed by atoms with Crippen molar-refractivity contribution < 1.29 is 4.42 Å². The molecule has 0 aliphatic rings. The van der Waals surface area contributed by atoms with E-state index in [0.29, 0.717) is 5.92 Å². The number of rotatable bonds is 4. The monoisotopic (exact) mass is 243 g/mol. The summed E-state index contributed by atoms with van der Waals surface area (Å²) in [5.74, 6) is 1.46. The third kappa shape index (κ3) is 2.82. The molecular formula is C16H21NO. The van der Waals surface area contributed by atoms with Gasteiger partial charge in [-0.05, 0) is 42.0 Å². The Balaban J connectivity index is 2.08. The summed E-state index contributed by atoms with van der Waals surface area (Å²) >= 11 is 0. The standard InChI is InChI=1S/C16H21NO/c1-11(2)14-6-4-13(5-7-14)10-15(17)16-12(3)8-9-18-16/h4-9,11,15H,10,17H2,1-3H3.